The van der Waals surface area contributed by atoms with Gasteiger partial charge in [-0.15, -0.1) is 0 Å². The van der Waals surface area contributed by atoms with Gasteiger partial charge in [0.15, 0.2) is 11.6 Å². The zero-order chi connectivity index (χ0) is 22.2. The maximum atomic E-state index is 13.2. The van der Waals surface area contributed by atoms with Gasteiger partial charge in [-0.05, 0) is 67.1 Å². The van der Waals surface area contributed by atoms with E-state index in [1.54, 1.807) is 0 Å². The van der Waals surface area contributed by atoms with Gasteiger partial charge in [-0.2, -0.15) is 0 Å². The second-order valence-electron chi connectivity index (χ2n) is 8.19. The van der Waals surface area contributed by atoms with E-state index in [9.17, 15) is 18.4 Å². The largest absolute Gasteiger partial charge is 0.352 e. The number of anilines is 1. The number of carbonyl (C=O) groups excluding carboxylic acids is 2. The minimum atomic E-state index is -0.904. The molecule has 1 atom stereocenters. The van der Waals surface area contributed by atoms with Crippen LogP contribution in [0.4, 0.5) is 14.5 Å². The normalized spacial score (nSPS) is 16.7. The fourth-order valence-electron chi connectivity index (χ4n) is 3.96. The number of piperidine rings is 1. The van der Waals surface area contributed by atoms with Crippen LogP contribution in [0.3, 0.4) is 0 Å². The molecule has 2 aromatic carbocycles. The lowest BCUT2D eigenvalue weighted by atomic mass is 9.93. The first kappa shape index (κ1) is 22.9. The Bertz CT molecular complexity index is 902. The van der Waals surface area contributed by atoms with Crippen molar-refractivity contribution in [3.8, 4) is 0 Å². The van der Waals surface area contributed by atoms with Crippen LogP contribution in [-0.2, 0) is 22.7 Å². The summed E-state index contributed by atoms with van der Waals surface area (Å²) in [7, 11) is 0. The Kier molecular flexibility index (Phi) is 8.12. The van der Waals surface area contributed by atoms with Gasteiger partial charge in [-0.1, -0.05) is 18.2 Å². The molecule has 2 N–H and O–H groups in total. The van der Waals surface area contributed by atoms with E-state index in [0.29, 0.717) is 17.9 Å². The SMILES string of the molecule is CC(=O)Nc1ccc(CN2CCC[C@H](CCC(=O)NCc3ccc(F)c(F)c3)C2)cc1. The minimum Gasteiger partial charge on any atom is -0.352 e. The maximum Gasteiger partial charge on any atom is 0.221 e. The molecule has 5 nitrogen and oxygen atoms in total. The smallest absolute Gasteiger partial charge is 0.221 e. The highest BCUT2D eigenvalue weighted by atomic mass is 19.2. The molecule has 7 heteroatoms. The van der Waals surface area contributed by atoms with Crippen LogP contribution in [0.15, 0.2) is 42.5 Å². The number of hydrogen-bond donors (Lipinski definition) is 2. The van der Waals surface area contributed by atoms with E-state index in [-0.39, 0.29) is 18.4 Å². The van der Waals surface area contributed by atoms with Crippen LogP contribution in [0.25, 0.3) is 0 Å². The molecule has 0 unspecified atom stereocenters. The van der Waals surface area contributed by atoms with E-state index >= 15 is 0 Å². The summed E-state index contributed by atoms with van der Waals surface area (Å²) < 4.78 is 26.2. The molecule has 0 aromatic heterocycles. The van der Waals surface area contributed by atoms with Crippen LogP contribution in [-0.4, -0.2) is 29.8 Å². The summed E-state index contributed by atoms with van der Waals surface area (Å²) in [6.45, 7) is 4.52. The Morgan fingerprint density at radius 1 is 1.06 bits per heavy atom. The van der Waals surface area contributed by atoms with Gasteiger partial charge in [-0.3, -0.25) is 14.5 Å². The van der Waals surface area contributed by atoms with Crippen LogP contribution < -0.4 is 10.6 Å². The van der Waals surface area contributed by atoms with Gasteiger partial charge in [0.1, 0.15) is 0 Å². The number of rotatable bonds is 8. The second kappa shape index (κ2) is 11.0. The van der Waals surface area contributed by atoms with Crippen molar-refractivity contribution in [2.45, 2.75) is 45.7 Å². The Morgan fingerprint density at radius 3 is 2.52 bits per heavy atom. The maximum absolute atomic E-state index is 13.2. The van der Waals surface area contributed by atoms with Gasteiger partial charge in [0.05, 0.1) is 0 Å². The number of amides is 2. The summed E-state index contributed by atoms with van der Waals surface area (Å²) in [5.74, 6) is -1.49. The van der Waals surface area contributed by atoms with Gasteiger partial charge >= 0.3 is 0 Å². The molecule has 1 fully saturated rings. The van der Waals surface area contributed by atoms with Crippen molar-refractivity contribution in [1.82, 2.24) is 10.2 Å². The number of likely N-dealkylation sites (tertiary alicyclic amines) is 1. The van der Waals surface area contributed by atoms with Crippen LogP contribution >= 0.6 is 0 Å². The molecule has 0 radical (unpaired) electrons. The van der Waals surface area contributed by atoms with Crippen molar-refractivity contribution in [3.05, 3.63) is 65.2 Å². The van der Waals surface area contributed by atoms with Gasteiger partial charge in [0.2, 0.25) is 11.8 Å². The van der Waals surface area contributed by atoms with Crippen molar-refractivity contribution in [3.63, 3.8) is 0 Å². The van der Waals surface area contributed by atoms with E-state index in [1.807, 2.05) is 24.3 Å². The van der Waals surface area contributed by atoms with Crippen molar-refractivity contribution in [1.29, 1.82) is 0 Å². The molecular weight excluding hydrogens is 400 g/mol. The third-order valence-corrected chi connectivity index (χ3v) is 5.54. The Hall–Kier alpha value is -2.80. The summed E-state index contributed by atoms with van der Waals surface area (Å²) in [5.41, 5.74) is 2.53. The van der Waals surface area contributed by atoms with E-state index in [4.69, 9.17) is 0 Å². The summed E-state index contributed by atoms with van der Waals surface area (Å²) in [6.07, 6.45) is 3.44. The molecule has 31 heavy (non-hydrogen) atoms. The van der Waals surface area contributed by atoms with Crippen molar-refractivity contribution in [2.75, 3.05) is 18.4 Å². The summed E-state index contributed by atoms with van der Waals surface area (Å²) in [6, 6.07) is 11.5. The Morgan fingerprint density at radius 2 is 1.81 bits per heavy atom. The first-order valence-electron chi connectivity index (χ1n) is 10.7. The monoisotopic (exact) mass is 429 g/mol. The van der Waals surface area contributed by atoms with E-state index in [1.165, 1.54) is 18.6 Å². The minimum absolute atomic E-state index is 0.0737. The first-order valence-corrected chi connectivity index (χ1v) is 10.7. The van der Waals surface area contributed by atoms with E-state index in [2.05, 4.69) is 15.5 Å². The van der Waals surface area contributed by atoms with Gasteiger partial charge in [0, 0.05) is 38.7 Å². The fourth-order valence-corrected chi connectivity index (χ4v) is 3.96. The zero-order valence-electron chi connectivity index (χ0n) is 17.8. The molecule has 2 aromatic rings. The molecule has 1 aliphatic heterocycles. The topological polar surface area (TPSA) is 61.4 Å². The first-order chi connectivity index (χ1) is 14.9. The lowest BCUT2D eigenvalue weighted by molar-refractivity contribution is -0.121. The molecule has 2 amide bonds. The lowest BCUT2D eigenvalue weighted by Gasteiger charge is -2.32. The number of nitrogens with one attached hydrogen (secondary N) is 2. The predicted octanol–water partition coefficient (Wildman–Crippen LogP) is 4.23. The molecular formula is C24H29F2N3O2. The predicted molar refractivity (Wildman–Crippen MR) is 116 cm³/mol. The highest BCUT2D eigenvalue weighted by Gasteiger charge is 2.20. The van der Waals surface area contributed by atoms with E-state index in [0.717, 1.165) is 56.7 Å². The van der Waals surface area contributed by atoms with Crippen molar-refractivity contribution >= 4 is 17.5 Å². The third kappa shape index (κ3) is 7.43. The van der Waals surface area contributed by atoms with Crippen molar-refractivity contribution in [2.24, 2.45) is 5.92 Å². The summed E-state index contributed by atoms with van der Waals surface area (Å²) in [4.78, 5) is 25.7. The molecule has 1 heterocycles. The van der Waals surface area contributed by atoms with Crippen LogP contribution in [0.1, 0.15) is 43.7 Å². The number of nitrogens with zero attached hydrogens (tertiary/aromatic N) is 1. The van der Waals surface area contributed by atoms with Crippen LogP contribution in [0, 0.1) is 17.6 Å². The van der Waals surface area contributed by atoms with Crippen LogP contribution in [0.5, 0.6) is 0 Å². The lowest BCUT2D eigenvalue weighted by Crippen LogP contribution is -2.35. The summed E-state index contributed by atoms with van der Waals surface area (Å²) >= 11 is 0. The molecule has 0 spiro atoms. The number of hydrogen-bond acceptors (Lipinski definition) is 3. The van der Waals surface area contributed by atoms with Gasteiger partial charge in [-0.25, -0.2) is 8.78 Å². The highest BCUT2D eigenvalue weighted by molar-refractivity contribution is 5.88. The molecule has 1 saturated heterocycles. The highest BCUT2D eigenvalue weighted by Crippen LogP contribution is 2.23. The third-order valence-electron chi connectivity index (χ3n) is 5.54. The molecule has 3 rings (SSSR count). The van der Waals surface area contributed by atoms with Gasteiger partial charge < -0.3 is 10.6 Å². The quantitative estimate of drug-likeness (QED) is 0.660. The average Bonchev–Trinajstić information content (AvgIpc) is 2.74. The fraction of sp³-hybridized carbons (Fsp3) is 0.417. The van der Waals surface area contributed by atoms with Crippen LogP contribution in [0.2, 0.25) is 0 Å². The Labute approximate surface area is 181 Å². The average molecular weight is 430 g/mol. The molecule has 166 valence electrons. The molecule has 0 saturated carbocycles. The molecule has 1 aliphatic rings. The molecule has 0 bridgehead atoms. The number of benzene rings is 2. The zero-order valence-corrected chi connectivity index (χ0v) is 17.8. The summed E-state index contributed by atoms with van der Waals surface area (Å²) in [5, 5.41) is 5.55. The van der Waals surface area contributed by atoms with Crippen molar-refractivity contribution < 1.29 is 18.4 Å². The number of carbonyl (C=O) groups is 2. The van der Waals surface area contributed by atoms with Gasteiger partial charge in [0.25, 0.3) is 0 Å². The standard InChI is InChI=1S/C24H29F2N3O2/c1-17(30)28-21-8-4-19(5-9-21)16-29-12-2-3-18(15-29)7-11-24(31)27-14-20-6-10-22(25)23(26)13-20/h4-6,8-10,13,18H,2-3,7,11-12,14-16H2,1H3,(H,27,31)(H,28,30)/t18-/m1/s1. The Balaban J connectivity index is 1.40. The number of halogens is 2. The molecule has 0 aliphatic carbocycles. The second-order valence-corrected chi connectivity index (χ2v) is 8.19. The van der Waals surface area contributed by atoms with E-state index < -0.39 is 11.6 Å².